The number of carboxylic acids is 1. The summed E-state index contributed by atoms with van der Waals surface area (Å²) < 4.78 is 4.74. The van der Waals surface area contributed by atoms with Crippen LogP contribution in [-0.2, 0) is 14.3 Å². The number of rotatable bonds is 8. The Balaban J connectivity index is 3.66. The van der Waals surface area contributed by atoms with Crippen LogP contribution in [0, 0.1) is 5.92 Å². The highest BCUT2D eigenvalue weighted by Gasteiger charge is 2.16. The van der Waals surface area contributed by atoms with Crippen LogP contribution in [0.25, 0.3) is 0 Å². The zero-order valence-electron chi connectivity index (χ0n) is 9.49. The van der Waals surface area contributed by atoms with Gasteiger partial charge in [-0.15, -0.1) is 0 Å². The topological polar surface area (TPSA) is 63.6 Å². The average molecular weight is 216 g/mol. The molecule has 0 bridgehead atoms. The molecule has 88 valence electrons. The highest BCUT2D eigenvalue weighted by molar-refractivity contribution is 5.69. The SMILES string of the molecule is CCCCC(CCCOC(C)=O)C(=O)O. The summed E-state index contributed by atoms with van der Waals surface area (Å²) in [5.41, 5.74) is 0. The van der Waals surface area contributed by atoms with Gasteiger partial charge < -0.3 is 9.84 Å². The number of carbonyl (C=O) groups is 2. The fourth-order valence-corrected chi connectivity index (χ4v) is 1.39. The van der Waals surface area contributed by atoms with E-state index < -0.39 is 5.97 Å². The second-order valence-corrected chi connectivity index (χ2v) is 3.66. The van der Waals surface area contributed by atoms with E-state index in [0.717, 1.165) is 12.8 Å². The smallest absolute Gasteiger partial charge is 0.306 e. The van der Waals surface area contributed by atoms with E-state index in [1.807, 2.05) is 6.92 Å². The molecule has 4 nitrogen and oxygen atoms in total. The van der Waals surface area contributed by atoms with Crippen molar-refractivity contribution in [1.82, 2.24) is 0 Å². The molecule has 0 aliphatic carbocycles. The molecule has 0 aromatic rings. The lowest BCUT2D eigenvalue weighted by atomic mass is 9.97. The van der Waals surface area contributed by atoms with Crippen molar-refractivity contribution >= 4 is 11.9 Å². The van der Waals surface area contributed by atoms with E-state index in [1.54, 1.807) is 0 Å². The predicted molar refractivity (Wildman–Crippen MR) is 56.5 cm³/mol. The molecule has 0 aromatic heterocycles. The second kappa shape index (κ2) is 8.26. The van der Waals surface area contributed by atoms with Gasteiger partial charge in [-0.2, -0.15) is 0 Å². The first-order valence-electron chi connectivity index (χ1n) is 5.44. The van der Waals surface area contributed by atoms with Crippen LogP contribution in [0.2, 0.25) is 0 Å². The third-order valence-corrected chi connectivity index (χ3v) is 2.26. The molecule has 1 atom stereocenters. The van der Waals surface area contributed by atoms with Crippen LogP contribution < -0.4 is 0 Å². The molecule has 0 radical (unpaired) electrons. The van der Waals surface area contributed by atoms with Crippen LogP contribution in [0.5, 0.6) is 0 Å². The Bertz CT molecular complexity index is 201. The van der Waals surface area contributed by atoms with Gasteiger partial charge in [0.25, 0.3) is 0 Å². The summed E-state index contributed by atoms with van der Waals surface area (Å²) in [6.07, 6.45) is 3.87. The van der Waals surface area contributed by atoms with E-state index in [1.165, 1.54) is 6.92 Å². The van der Waals surface area contributed by atoms with Gasteiger partial charge in [0.15, 0.2) is 0 Å². The normalized spacial score (nSPS) is 12.1. The summed E-state index contributed by atoms with van der Waals surface area (Å²) in [7, 11) is 0. The molecule has 0 aliphatic heterocycles. The maximum Gasteiger partial charge on any atom is 0.306 e. The first-order valence-corrected chi connectivity index (χ1v) is 5.44. The number of esters is 1. The summed E-state index contributed by atoms with van der Waals surface area (Å²) in [6, 6.07) is 0. The van der Waals surface area contributed by atoms with Crippen molar-refractivity contribution in [2.24, 2.45) is 5.92 Å². The van der Waals surface area contributed by atoms with Crippen LogP contribution in [0.3, 0.4) is 0 Å². The summed E-state index contributed by atoms with van der Waals surface area (Å²) in [5.74, 6) is -1.35. The number of hydrogen-bond donors (Lipinski definition) is 1. The maximum atomic E-state index is 10.8. The summed E-state index contributed by atoms with van der Waals surface area (Å²) >= 11 is 0. The molecular formula is C11H20O4. The highest BCUT2D eigenvalue weighted by Crippen LogP contribution is 2.15. The zero-order chi connectivity index (χ0) is 11.7. The Morgan fingerprint density at radius 1 is 1.27 bits per heavy atom. The van der Waals surface area contributed by atoms with Crippen molar-refractivity contribution in [3.63, 3.8) is 0 Å². The summed E-state index contributed by atoms with van der Waals surface area (Å²) in [4.78, 5) is 21.3. The highest BCUT2D eigenvalue weighted by atomic mass is 16.5. The van der Waals surface area contributed by atoms with E-state index in [2.05, 4.69) is 0 Å². The van der Waals surface area contributed by atoms with Gasteiger partial charge in [0.2, 0.25) is 0 Å². The predicted octanol–water partition coefficient (Wildman–Crippen LogP) is 2.22. The molecule has 0 spiro atoms. The third-order valence-electron chi connectivity index (χ3n) is 2.26. The molecule has 0 amide bonds. The molecule has 0 aromatic carbocycles. The first kappa shape index (κ1) is 13.9. The van der Waals surface area contributed by atoms with Gasteiger partial charge in [-0.3, -0.25) is 9.59 Å². The van der Waals surface area contributed by atoms with Gasteiger partial charge in [0, 0.05) is 6.92 Å². The lowest BCUT2D eigenvalue weighted by Crippen LogP contribution is -2.14. The van der Waals surface area contributed by atoms with E-state index in [4.69, 9.17) is 9.84 Å². The van der Waals surface area contributed by atoms with Crippen molar-refractivity contribution in [1.29, 1.82) is 0 Å². The minimum absolute atomic E-state index is 0.291. The summed E-state index contributed by atoms with van der Waals surface area (Å²) in [5, 5.41) is 8.90. The van der Waals surface area contributed by atoms with E-state index in [9.17, 15) is 9.59 Å². The van der Waals surface area contributed by atoms with Crippen LogP contribution >= 0.6 is 0 Å². The van der Waals surface area contributed by atoms with Gasteiger partial charge in [-0.25, -0.2) is 0 Å². The van der Waals surface area contributed by atoms with Gasteiger partial charge in [0.1, 0.15) is 0 Å². The molecule has 0 rings (SSSR count). The van der Waals surface area contributed by atoms with Gasteiger partial charge in [-0.1, -0.05) is 19.8 Å². The molecule has 0 saturated heterocycles. The molecule has 1 unspecified atom stereocenters. The Morgan fingerprint density at radius 2 is 1.87 bits per heavy atom. The van der Waals surface area contributed by atoms with Crippen LogP contribution in [0.4, 0.5) is 0 Å². The average Bonchev–Trinajstić information content (AvgIpc) is 2.15. The lowest BCUT2D eigenvalue weighted by molar-refractivity contribution is -0.142. The molecule has 15 heavy (non-hydrogen) atoms. The van der Waals surface area contributed by atoms with Crippen molar-refractivity contribution in [3.05, 3.63) is 0 Å². The Kier molecular flexibility index (Phi) is 7.68. The second-order valence-electron chi connectivity index (χ2n) is 3.66. The van der Waals surface area contributed by atoms with Crippen LogP contribution in [0.15, 0.2) is 0 Å². The van der Waals surface area contributed by atoms with Gasteiger partial charge in [0.05, 0.1) is 12.5 Å². The largest absolute Gasteiger partial charge is 0.481 e. The van der Waals surface area contributed by atoms with Crippen molar-refractivity contribution in [3.8, 4) is 0 Å². The minimum Gasteiger partial charge on any atom is -0.481 e. The number of aliphatic carboxylic acids is 1. The van der Waals surface area contributed by atoms with Crippen molar-refractivity contribution < 1.29 is 19.4 Å². The molecule has 4 heteroatoms. The number of hydrogen-bond acceptors (Lipinski definition) is 3. The van der Waals surface area contributed by atoms with E-state index >= 15 is 0 Å². The number of carbonyl (C=O) groups excluding carboxylic acids is 1. The first-order chi connectivity index (χ1) is 7.07. The lowest BCUT2D eigenvalue weighted by Gasteiger charge is -2.11. The number of carboxylic acid groups (broad SMARTS) is 1. The standard InChI is InChI=1S/C11H20O4/c1-3-4-6-10(11(13)14)7-5-8-15-9(2)12/h10H,3-8H2,1-2H3,(H,13,14). The quantitative estimate of drug-likeness (QED) is 0.499. The van der Waals surface area contributed by atoms with E-state index in [-0.39, 0.29) is 11.9 Å². The van der Waals surface area contributed by atoms with Gasteiger partial charge >= 0.3 is 11.9 Å². The van der Waals surface area contributed by atoms with Crippen LogP contribution in [0.1, 0.15) is 46.0 Å². The minimum atomic E-state index is -0.744. The van der Waals surface area contributed by atoms with Crippen molar-refractivity contribution in [2.75, 3.05) is 6.61 Å². The van der Waals surface area contributed by atoms with Gasteiger partial charge in [-0.05, 0) is 19.3 Å². The monoisotopic (exact) mass is 216 g/mol. The molecule has 0 saturated carbocycles. The molecular weight excluding hydrogens is 196 g/mol. The molecule has 0 aliphatic rings. The Hall–Kier alpha value is -1.06. The fourth-order valence-electron chi connectivity index (χ4n) is 1.39. The molecule has 1 N–H and O–H groups in total. The number of ether oxygens (including phenoxy) is 1. The van der Waals surface area contributed by atoms with Crippen LogP contribution in [-0.4, -0.2) is 23.7 Å². The summed E-state index contributed by atoms with van der Waals surface area (Å²) in [6.45, 7) is 3.72. The number of unbranched alkanes of at least 4 members (excludes halogenated alkanes) is 1. The molecule has 0 fully saturated rings. The Morgan fingerprint density at radius 3 is 2.33 bits per heavy atom. The van der Waals surface area contributed by atoms with E-state index in [0.29, 0.717) is 25.9 Å². The third kappa shape index (κ3) is 7.97. The zero-order valence-corrected chi connectivity index (χ0v) is 9.49. The molecule has 0 heterocycles. The maximum absolute atomic E-state index is 10.8. The Labute approximate surface area is 90.6 Å². The fraction of sp³-hybridized carbons (Fsp3) is 0.818. The van der Waals surface area contributed by atoms with Crippen molar-refractivity contribution in [2.45, 2.75) is 46.0 Å².